The van der Waals surface area contributed by atoms with Crippen molar-refractivity contribution in [1.29, 1.82) is 0 Å². The molecule has 1 saturated heterocycles. The smallest absolute Gasteiger partial charge is 0.242 e. The predicted molar refractivity (Wildman–Crippen MR) is 67.1 cm³/mol. The molecule has 18 heavy (non-hydrogen) atoms. The van der Waals surface area contributed by atoms with Crippen LogP contribution in [0.1, 0.15) is 12.8 Å². The average Bonchev–Trinajstić information content (AvgIpc) is 2.39. The standard InChI is InChI=1S/C11H17N5O2/c1-18-11-8(12)10(14-6-15-11)16-4-2-3-7(5-16)9(13)17/h6-7H,2-5,12H2,1H3,(H2,13,17). The third-order valence-corrected chi connectivity index (χ3v) is 3.14. The van der Waals surface area contributed by atoms with Crippen molar-refractivity contribution < 1.29 is 9.53 Å². The van der Waals surface area contributed by atoms with Crippen molar-refractivity contribution in [2.45, 2.75) is 12.8 Å². The summed E-state index contributed by atoms with van der Waals surface area (Å²) in [4.78, 5) is 21.3. The van der Waals surface area contributed by atoms with E-state index in [2.05, 4.69) is 9.97 Å². The van der Waals surface area contributed by atoms with Crippen molar-refractivity contribution in [3.8, 4) is 5.88 Å². The summed E-state index contributed by atoms with van der Waals surface area (Å²) in [7, 11) is 1.50. The molecule has 1 amide bonds. The number of nitrogens with two attached hydrogens (primary N) is 2. The number of nitrogen functional groups attached to an aromatic ring is 1. The zero-order chi connectivity index (χ0) is 13.1. The minimum Gasteiger partial charge on any atom is -0.479 e. The summed E-state index contributed by atoms with van der Waals surface area (Å²) < 4.78 is 5.06. The molecule has 2 heterocycles. The summed E-state index contributed by atoms with van der Waals surface area (Å²) in [6.07, 6.45) is 3.10. The molecular formula is C11H17N5O2. The van der Waals surface area contributed by atoms with E-state index in [4.69, 9.17) is 16.2 Å². The Hall–Kier alpha value is -2.05. The number of rotatable bonds is 3. The minimum absolute atomic E-state index is 0.154. The van der Waals surface area contributed by atoms with E-state index in [-0.39, 0.29) is 11.8 Å². The normalized spacial score (nSPS) is 19.6. The Morgan fingerprint density at radius 3 is 3.00 bits per heavy atom. The molecule has 1 aliphatic rings. The van der Waals surface area contributed by atoms with Gasteiger partial charge in [-0.15, -0.1) is 0 Å². The van der Waals surface area contributed by atoms with Crippen LogP contribution in [0.3, 0.4) is 0 Å². The van der Waals surface area contributed by atoms with Crippen LogP contribution in [0.25, 0.3) is 0 Å². The highest BCUT2D eigenvalue weighted by Gasteiger charge is 2.26. The van der Waals surface area contributed by atoms with Gasteiger partial charge in [0.1, 0.15) is 12.0 Å². The highest BCUT2D eigenvalue weighted by Crippen LogP contribution is 2.30. The van der Waals surface area contributed by atoms with E-state index in [1.54, 1.807) is 0 Å². The first kappa shape index (κ1) is 12.4. The maximum Gasteiger partial charge on any atom is 0.242 e. The van der Waals surface area contributed by atoms with E-state index in [1.165, 1.54) is 13.4 Å². The third kappa shape index (κ3) is 2.29. The van der Waals surface area contributed by atoms with Crippen molar-refractivity contribution >= 4 is 17.4 Å². The number of carbonyl (C=O) groups is 1. The van der Waals surface area contributed by atoms with Gasteiger partial charge in [0.25, 0.3) is 0 Å². The largest absolute Gasteiger partial charge is 0.479 e. The van der Waals surface area contributed by atoms with Gasteiger partial charge >= 0.3 is 0 Å². The summed E-state index contributed by atoms with van der Waals surface area (Å²) in [5.74, 6) is 0.521. The van der Waals surface area contributed by atoms with Crippen molar-refractivity contribution in [2.24, 2.45) is 11.7 Å². The van der Waals surface area contributed by atoms with Gasteiger partial charge in [-0.2, -0.15) is 4.98 Å². The average molecular weight is 251 g/mol. The van der Waals surface area contributed by atoms with E-state index >= 15 is 0 Å². The summed E-state index contributed by atoms with van der Waals surface area (Å²) >= 11 is 0. The number of nitrogens with zero attached hydrogens (tertiary/aromatic N) is 3. The van der Waals surface area contributed by atoms with E-state index in [9.17, 15) is 4.79 Å². The molecule has 1 aromatic rings. The number of amides is 1. The van der Waals surface area contributed by atoms with Crippen LogP contribution in [0.2, 0.25) is 0 Å². The molecule has 98 valence electrons. The highest BCUT2D eigenvalue weighted by molar-refractivity contribution is 5.78. The Bertz CT molecular complexity index is 451. The van der Waals surface area contributed by atoms with Crippen molar-refractivity contribution in [3.05, 3.63) is 6.33 Å². The van der Waals surface area contributed by atoms with Gasteiger partial charge in [0.2, 0.25) is 11.8 Å². The van der Waals surface area contributed by atoms with Crippen LogP contribution in [-0.4, -0.2) is 36.1 Å². The number of piperidine rings is 1. The molecule has 1 aromatic heterocycles. The molecule has 0 radical (unpaired) electrons. The lowest BCUT2D eigenvalue weighted by molar-refractivity contribution is -0.122. The van der Waals surface area contributed by atoms with Gasteiger partial charge < -0.3 is 21.1 Å². The van der Waals surface area contributed by atoms with Crippen LogP contribution in [-0.2, 0) is 4.79 Å². The molecule has 7 nitrogen and oxygen atoms in total. The van der Waals surface area contributed by atoms with E-state index in [0.29, 0.717) is 23.9 Å². The molecule has 0 bridgehead atoms. The zero-order valence-electron chi connectivity index (χ0n) is 10.3. The van der Waals surface area contributed by atoms with Crippen molar-refractivity contribution in [1.82, 2.24) is 9.97 Å². The van der Waals surface area contributed by atoms with Crippen LogP contribution in [0, 0.1) is 5.92 Å². The first-order chi connectivity index (χ1) is 8.63. The van der Waals surface area contributed by atoms with Gasteiger partial charge in [-0.05, 0) is 12.8 Å². The number of methoxy groups -OCH3 is 1. The Kier molecular flexibility index (Phi) is 3.50. The third-order valence-electron chi connectivity index (χ3n) is 3.14. The molecule has 7 heteroatoms. The monoisotopic (exact) mass is 251 g/mol. The van der Waals surface area contributed by atoms with Gasteiger partial charge in [0.15, 0.2) is 5.82 Å². The maximum atomic E-state index is 11.2. The number of primary amides is 1. The maximum absolute atomic E-state index is 11.2. The first-order valence-corrected chi connectivity index (χ1v) is 5.82. The van der Waals surface area contributed by atoms with Gasteiger partial charge in [-0.3, -0.25) is 4.79 Å². The van der Waals surface area contributed by atoms with Crippen LogP contribution >= 0.6 is 0 Å². The molecule has 1 fully saturated rings. The number of hydrogen-bond acceptors (Lipinski definition) is 6. The molecule has 4 N–H and O–H groups in total. The molecule has 0 aromatic carbocycles. The minimum atomic E-state index is -0.278. The molecular weight excluding hydrogens is 234 g/mol. The van der Waals surface area contributed by atoms with Crippen molar-refractivity contribution in [2.75, 3.05) is 30.8 Å². The van der Waals surface area contributed by atoms with E-state index in [0.717, 1.165) is 19.4 Å². The lowest BCUT2D eigenvalue weighted by atomic mass is 9.97. The Morgan fingerprint density at radius 2 is 2.33 bits per heavy atom. The summed E-state index contributed by atoms with van der Waals surface area (Å²) in [5.41, 5.74) is 11.7. The number of carbonyl (C=O) groups excluding carboxylic acids is 1. The second-order valence-corrected chi connectivity index (χ2v) is 4.31. The number of hydrogen-bond donors (Lipinski definition) is 2. The summed E-state index contributed by atoms with van der Waals surface area (Å²) in [6.45, 7) is 1.34. The van der Waals surface area contributed by atoms with Gasteiger partial charge in [0.05, 0.1) is 13.0 Å². The summed E-state index contributed by atoms with van der Waals surface area (Å²) in [5, 5.41) is 0. The molecule has 0 spiro atoms. The second kappa shape index (κ2) is 5.07. The lowest BCUT2D eigenvalue weighted by Gasteiger charge is -2.32. The fraction of sp³-hybridized carbons (Fsp3) is 0.545. The quantitative estimate of drug-likeness (QED) is 0.768. The number of anilines is 2. The van der Waals surface area contributed by atoms with Crippen LogP contribution in [0.5, 0.6) is 5.88 Å². The van der Waals surface area contributed by atoms with Crippen LogP contribution < -0.4 is 21.1 Å². The highest BCUT2D eigenvalue weighted by atomic mass is 16.5. The fourth-order valence-corrected chi connectivity index (χ4v) is 2.19. The lowest BCUT2D eigenvalue weighted by Crippen LogP contribution is -2.41. The van der Waals surface area contributed by atoms with Gasteiger partial charge in [0, 0.05) is 13.1 Å². The molecule has 0 saturated carbocycles. The van der Waals surface area contributed by atoms with E-state index < -0.39 is 0 Å². The molecule has 2 rings (SSSR count). The topological polar surface area (TPSA) is 107 Å². The first-order valence-electron chi connectivity index (χ1n) is 5.82. The predicted octanol–water partition coefficient (Wildman–Crippen LogP) is -0.231. The summed E-state index contributed by atoms with van der Waals surface area (Å²) in [6, 6.07) is 0. The van der Waals surface area contributed by atoms with Crippen LogP contribution in [0.15, 0.2) is 6.33 Å². The zero-order valence-corrected chi connectivity index (χ0v) is 10.3. The second-order valence-electron chi connectivity index (χ2n) is 4.31. The van der Waals surface area contributed by atoms with E-state index in [1.807, 2.05) is 4.90 Å². The molecule has 1 atom stereocenters. The Balaban J connectivity index is 2.23. The molecule has 1 unspecified atom stereocenters. The van der Waals surface area contributed by atoms with Gasteiger partial charge in [-0.25, -0.2) is 4.98 Å². The van der Waals surface area contributed by atoms with Crippen LogP contribution in [0.4, 0.5) is 11.5 Å². The SMILES string of the molecule is COc1ncnc(N2CCCC(C(N)=O)C2)c1N. The Labute approximate surface area is 105 Å². The number of ether oxygens (including phenoxy) is 1. The van der Waals surface area contributed by atoms with Crippen molar-refractivity contribution in [3.63, 3.8) is 0 Å². The van der Waals surface area contributed by atoms with Gasteiger partial charge in [-0.1, -0.05) is 0 Å². The molecule has 0 aliphatic carbocycles. The Morgan fingerprint density at radius 1 is 1.56 bits per heavy atom. The molecule has 1 aliphatic heterocycles. The number of aromatic nitrogens is 2. The fourth-order valence-electron chi connectivity index (χ4n) is 2.19.